The van der Waals surface area contributed by atoms with E-state index in [0.29, 0.717) is 12.0 Å². The van der Waals surface area contributed by atoms with Gasteiger partial charge in [-0.05, 0) is 30.0 Å². The summed E-state index contributed by atoms with van der Waals surface area (Å²) in [6.07, 6.45) is 0.308. The third-order valence-electron chi connectivity index (χ3n) is 3.03. The molecule has 0 radical (unpaired) electrons. The molecular formula is C15H23N3O2. The first-order chi connectivity index (χ1) is 9.24. The fraction of sp³-hybridized carbons (Fsp3) is 0.467. The van der Waals surface area contributed by atoms with Gasteiger partial charge in [0.15, 0.2) is 0 Å². The Bertz CT molecular complexity index is 487. The number of amidine groups is 1. The molecule has 1 unspecified atom stereocenters. The van der Waals surface area contributed by atoms with Gasteiger partial charge in [-0.15, -0.1) is 0 Å². The third kappa shape index (κ3) is 4.57. The van der Waals surface area contributed by atoms with Gasteiger partial charge in [-0.25, -0.2) is 0 Å². The van der Waals surface area contributed by atoms with Crippen LogP contribution in [-0.2, 0) is 5.41 Å². The van der Waals surface area contributed by atoms with Crippen LogP contribution in [0.5, 0.6) is 0 Å². The van der Waals surface area contributed by atoms with Gasteiger partial charge in [-0.1, -0.05) is 38.1 Å². The molecule has 0 aliphatic carbocycles. The standard InChI is InChI=1S/C15H23N3O2/c1-10(9-13(16)18-20)17-14(19)11-5-7-12(8-6-11)15(2,3)4/h5-8,10,20H,9H2,1-4H3,(H2,16,18)(H,17,19). The number of carbonyl (C=O) groups is 1. The quantitative estimate of drug-likeness (QED) is 0.341. The summed E-state index contributed by atoms with van der Waals surface area (Å²) in [7, 11) is 0. The molecule has 5 heteroatoms. The molecule has 1 rings (SSSR count). The minimum atomic E-state index is -0.194. The Morgan fingerprint density at radius 3 is 2.35 bits per heavy atom. The molecule has 0 fully saturated rings. The molecule has 0 spiro atoms. The predicted molar refractivity (Wildman–Crippen MR) is 80.1 cm³/mol. The van der Waals surface area contributed by atoms with E-state index in [1.54, 1.807) is 6.92 Å². The maximum atomic E-state index is 12.0. The minimum Gasteiger partial charge on any atom is -0.409 e. The molecule has 1 aromatic rings. The van der Waals surface area contributed by atoms with E-state index in [0.717, 1.165) is 0 Å². The van der Waals surface area contributed by atoms with E-state index in [9.17, 15) is 4.79 Å². The van der Waals surface area contributed by atoms with E-state index < -0.39 is 0 Å². The van der Waals surface area contributed by atoms with Crippen LogP contribution < -0.4 is 11.1 Å². The zero-order valence-corrected chi connectivity index (χ0v) is 12.5. The van der Waals surface area contributed by atoms with Crippen LogP contribution in [0.25, 0.3) is 0 Å². The molecule has 5 nitrogen and oxygen atoms in total. The highest BCUT2D eigenvalue weighted by molar-refractivity contribution is 5.94. The van der Waals surface area contributed by atoms with Crippen LogP contribution in [0.3, 0.4) is 0 Å². The SMILES string of the molecule is CC(CC(N)=NO)NC(=O)c1ccc(C(C)(C)C)cc1. The Balaban J connectivity index is 2.69. The summed E-state index contributed by atoms with van der Waals surface area (Å²) in [5.74, 6) is -0.0652. The van der Waals surface area contributed by atoms with E-state index in [1.807, 2.05) is 24.3 Å². The number of rotatable bonds is 4. The Hall–Kier alpha value is -2.04. The summed E-state index contributed by atoms with van der Waals surface area (Å²) in [6, 6.07) is 7.35. The highest BCUT2D eigenvalue weighted by Gasteiger charge is 2.15. The van der Waals surface area contributed by atoms with E-state index in [1.165, 1.54) is 5.56 Å². The van der Waals surface area contributed by atoms with Gasteiger partial charge in [0.25, 0.3) is 5.91 Å². The number of oxime groups is 1. The predicted octanol–water partition coefficient (Wildman–Crippen LogP) is 2.24. The van der Waals surface area contributed by atoms with Crippen molar-refractivity contribution in [3.8, 4) is 0 Å². The average Bonchev–Trinajstić information content (AvgIpc) is 2.37. The lowest BCUT2D eigenvalue weighted by atomic mass is 9.86. The number of nitrogens with zero attached hydrogens (tertiary/aromatic N) is 1. The Kier molecular flexibility index (Phi) is 5.13. The Morgan fingerprint density at radius 1 is 1.35 bits per heavy atom. The van der Waals surface area contributed by atoms with Crippen molar-refractivity contribution < 1.29 is 10.0 Å². The van der Waals surface area contributed by atoms with Crippen molar-refractivity contribution in [1.29, 1.82) is 0 Å². The zero-order chi connectivity index (χ0) is 15.3. The van der Waals surface area contributed by atoms with Crippen molar-refractivity contribution in [2.24, 2.45) is 10.9 Å². The highest BCUT2D eigenvalue weighted by Crippen LogP contribution is 2.22. The van der Waals surface area contributed by atoms with Gasteiger partial charge in [0, 0.05) is 18.0 Å². The van der Waals surface area contributed by atoms with E-state index in [4.69, 9.17) is 10.9 Å². The topological polar surface area (TPSA) is 87.7 Å². The molecule has 0 saturated heterocycles. The van der Waals surface area contributed by atoms with E-state index >= 15 is 0 Å². The molecule has 1 atom stereocenters. The minimum absolute atomic E-state index is 0.0638. The Labute approximate surface area is 119 Å². The van der Waals surface area contributed by atoms with Crippen molar-refractivity contribution in [2.75, 3.05) is 0 Å². The number of benzene rings is 1. The fourth-order valence-corrected chi connectivity index (χ4v) is 1.83. The van der Waals surface area contributed by atoms with Gasteiger partial charge < -0.3 is 16.3 Å². The summed E-state index contributed by atoms with van der Waals surface area (Å²) in [5.41, 5.74) is 7.25. The normalized spacial score (nSPS) is 13.9. The van der Waals surface area contributed by atoms with E-state index in [-0.39, 0.29) is 23.2 Å². The summed E-state index contributed by atoms with van der Waals surface area (Å²) in [6.45, 7) is 8.18. The molecular weight excluding hydrogens is 254 g/mol. The Morgan fingerprint density at radius 2 is 1.90 bits per heavy atom. The maximum absolute atomic E-state index is 12.0. The molecule has 110 valence electrons. The van der Waals surface area contributed by atoms with Crippen LogP contribution in [0, 0.1) is 0 Å². The summed E-state index contributed by atoms with van der Waals surface area (Å²) in [5, 5.41) is 14.2. The van der Waals surface area contributed by atoms with Gasteiger partial charge in [-0.3, -0.25) is 4.79 Å². The molecule has 0 aliphatic rings. The molecule has 1 amide bonds. The zero-order valence-electron chi connectivity index (χ0n) is 12.5. The molecule has 0 heterocycles. The largest absolute Gasteiger partial charge is 0.409 e. The molecule has 0 saturated carbocycles. The number of hydrogen-bond acceptors (Lipinski definition) is 3. The first kappa shape index (κ1) is 16.0. The van der Waals surface area contributed by atoms with Gasteiger partial charge in [0.2, 0.25) is 0 Å². The lowest BCUT2D eigenvalue weighted by Gasteiger charge is -2.19. The molecule has 4 N–H and O–H groups in total. The van der Waals surface area contributed by atoms with Crippen molar-refractivity contribution in [3.05, 3.63) is 35.4 Å². The van der Waals surface area contributed by atoms with Gasteiger partial charge >= 0.3 is 0 Å². The highest BCUT2D eigenvalue weighted by atomic mass is 16.4. The van der Waals surface area contributed by atoms with Crippen molar-refractivity contribution in [1.82, 2.24) is 5.32 Å². The maximum Gasteiger partial charge on any atom is 0.251 e. The molecule has 0 aromatic heterocycles. The number of nitrogens with one attached hydrogen (secondary N) is 1. The summed E-state index contributed by atoms with van der Waals surface area (Å²) in [4.78, 5) is 12.0. The number of hydrogen-bond donors (Lipinski definition) is 3. The number of amides is 1. The molecule has 1 aromatic carbocycles. The fourth-order valence-electron chi connectivity index (χ4n) is 1.83. The first-order valence-electron chi connectivity index (χ1n) is 6.62. The lowest BCUT2D eigenvalue weighted by Crippen LogP contribution is -2.35. The van der Waals surface area contributed by atoms with Crippen molar-refractivity contribution >= 4 is 11.7 Å². The van der Waals surface area contributed by atoms with Crippen LogP contribution >= 0.6 is 0 Å². The molecule has 0 aliphatic heterocycles. The van der Waals surface area contributed by atoms with Crippen molar-refractivity contribution in [2.45, 2.75) is 45.6 Å². The number of carbonyl (C=O) groups excluding carboxylic acids is 1. The second-order valence-corrected chi connectivity index (χ2v) is 6.00. The van der Waals surface area contributed by atoms with Crippen LogP contribution in [0.2, 0.25) is 0 Å². The van der Waals surface area contributed by atoms with Crippen LogP contribution in [0.1, 0.15) is 50.0 Å². The number of nitrogens with two attached hydrogens (primary N) is 1. The summed E-state index contributed by atoms with van der Waals surface area (Å²) < 4.78 is 0. The van der Waals surface area contributed by atoms with Gasteiger partial charge in [0.05, 0.1) is 0 Å². The molecule has 20 heavy (non-hydrogen) atoms. The van der Waals surface area contributed by atoms with Gasteiger partial charge in [0.1, 0.15) is 5.84 Å². The average molecular weight is 277 g/mol. The molecule has 0 bridgehead atoms. The van der Waals surface area contributed by atoms with Crippen LogP contribution in [-0.4, -0.2) is 23.0 Å². The monoisotopic (exact) mass is 277 g/mol. The second-order valence-electron chi connectivity index (χ2n) is 6.00. The van der Waals surface area contributed by atoms with E-state index in [2.05, 4.69) is 31.2 Å². The second kappa shape index (κ2) is 6.41. The van der Waals surface area contributed by atoms with Crippen LogP contribution in [0.15, 0.2) is 29.4 Å². The lowest BCUT2D eigenvalue weighted by molar-refractivity contribution is 0.0941. The third-order valence-corrected chi connectivity index (χ3v) is 3.03. The van der Waals surface area contributed by atoms with Crippen molar-refractivity contribution in [3.63, 3.8) is 0 Å². The first-order valence-corrected chi connectivity index (χ1v) is 6.62. The van der Waals surface area contributed by atoms with Gasteiger partial charge in [-0.2, -0.15) is 0 Å². The smallest absolute Gasteiger partial charge is 0.251 e. The van der Waals surface area contributed by atoms with Crippen LogP contribution in [0.4, 0.5) is 0 Å². The summed E-state index contributed by atoms with van der Waals surface area (Å²) >= 11 is 0.